The Bertz CT molecular complexity index is 1330. The van der Waals surface area contributed by atoms with Gasteiger partial charge in [0.2, 0.25) is 5.91 Å². The summed E-state index contributed by atoms with van der Waals surface area (Å²) in [7, 11) is 0. The summed E-state index contributed by atoms with van der Waals surface area (Å²) in [5, 5.41) is 15.8. The van der Waals surface area contributed by atoms with Crippen LogP contribution in [0.3, 0.4) is 0 Å². The first-order valence-corrected chi connectivity index (χ1v) is 15.2. The summed E-state index contributed by atoms with van der Waals surface area (Å²) in [6.45, 7) is 8.62. The lowest BCUT2D eigenvalue weighted by atomic mass is 10.0. The van der Waals surface area contributed by atoms with Crippen LogP contribution in [0, 0.1) is 0 Å². The van der Waals surface area contributed by atoms with Gasteiger partial charge in [-0.1, -0.05) is 54.8 Å². The molecule has 1 atom stereocenters. The Labute approximate surface area is 247 Å². The van der Waals surface area contributed by atoms with Crippen LogP contribution in [0.5, 0.6) is 0 Å². The largest absolute Gasteiger partial charge is 0.445 e. The number of amides is 2. The number of anilines is 3. The van der Waals surface area contributed by atoms with Gasteiger partial charge in [0.25, 0.3) is 0 Å². The average molecular weight is 598 g/mol. The van der Waals surface area contributed by atoms with E-state index in [-0.39, 0.29) is 19.1 Å². The van der Waals surface area contributed by atoms with E-state index in [0.717, 1.165) is 45.8 Å². The number of rotatable bonds is 14. The van der Waals surface area contributed by atoms with Crippen LogP contribution in [0.1, 0.15) is 42.1 Å². The standard InChI is InChI=1S/C28H35N7O4S2/c1-3-12-39-27(37)31-20-7-5-6-19(15-20)23(8-9-24(29)36)32-25-17-22(35-10-13-38-14-11-35)16-21(30-25)18-40-28-34-33-26(4-2)41-28/h3,5-7,15-17,23H,1,4,8-14,18H2,2H3,(H2,29,36)(H,30,32)(H,31,37). The molecule has 1 aromatic carbocycles. The predicted molar refractivity (Wildman–Crippen MR) is 163 cm³/mol. The third kappa shape index (κ3) is 9.44. The number of aryl methyl sites for hydroxylation is 1. The van der Waals surface area contributed by atoms with Crippen molar-refractivity contribution in [1.29, 1.82) is 0 Å². The number of nitrogens with zero attached hydrogens (tertiary/aromatic N) is 4. The monoisotopic (exact) mass is 597 g/mol. The third-order valence-electron chi connectivity index (χ3n) is 6.20. The maximum Gasteiger partial charge on any atom is 0.411 e. The minimum absolute atomic E-state index is 0.110. The Balaban J connectivity index is 1.58. The molecule has 1 unspecified atom stereocenters. The Kier molecular flexibility index (Phi) is 11.3. The van der Waals surface area contributed by atoms with Crippen molar-refractivity contribution in [2.45, 2.75) is 42.3 Å². The molecule has 4 rings (SSSR count). The number of carbonyl (C=O) groups is 2. The van der Waals surface area contributed by atoms with Gasteiger partial charge in [-0.15, -0.1) is 10.2 Å². The second kappa shape index (κ2) is 15.4. The number of aromatic nitrogens is 3. The van der Waals surface area contributed by atoms with Gasteiger partial charge in [-0.05, 0) is 36.6 Å². The van der Waals surface area contributed by atoms with E-state index in [4.69, 9.17) is 20.2 Å². The van der Waals surface area contributed by atoms with Gasteiger partial charge in [-0.3, -0.25) is 10.1 Å². The molecule has 218 valence electrons. The van der Waals surface area contributed by atoms with Gasteiger partial charge in [0, 0.05) is 42.7 Å². The van der Waals surface area contributed by atoms with Gasteiger partial charge in [-0.25, -0.2) is 9.78 Å². The fourth-order valence-electron chi connectivity index (χ4n) is 4.21. The lowest BCUT2D eigenvalue weighted by molar-refractivity contribution is -0.118. The third-order valence-corrected chi connectivity index (χ3v) is 8.44. The predicted octanol–water partition coefficient (Wildman–Crippen LogP) is 4.78. The van der Waals surface area contributed by atoms with E-state index in [0.29, 0.717) is 36.9 Å². The molecule has 0 spiro atoms. The lowest BCUT2D eigenvalue weighted by Gasteiger charge is -2.30. The number of hydrogen-bond donors (Lipinski definition) is 3. The zero-order valence-corrected chi connectivity index (χ0v) is 24.6. The molecule has 2 amide bonds. The zero-order valence-electron chi connectivity index (χ0n) is 23.0. The van der Waals surface area contributed by atoms with Crippen LogP contribution in [0.2, 0.25) is 0 Å². The Morgan fingerprint density at radius 3 is 2.83 bits per heavy atom. The fourth-order valence-corrected chi connectivity index (χ4v) is 5.94. The molecular weight excluding hydrogens is 562 g/mol. The van der Waals surface area contributed by atoms with E-state index in [1.54, 1.807) is 29.2 Å². The van der Waals surface area contributed by atoms with E-state index in [1.165, 1.54) is 6.08 Å². The quantitative estimate of drug-likeness (QED) is 0.175. The van der Waals surface area contributed by atoms with Gasteiger partial charge in [-0.2, -0.15) is 0 Å². The summed E-state index contributed by atoms with van der Waals surface area (Å²) in [5.74, 6) is 0.910. The molecule has 3 aromatic rings. The highest BCUT2D eigenvalue weighted by atomic mass is 32.2. The summed E-state index contributed by atoms with van der Waals surface area (Å²) in [4.78, 5) is 31.0. The normalized spacial score (nSPS) is 13.8. The number of pyridine rings is 1. The van der Waals surface area contributed by atoms with E-state index in [1.807, 2.05) is 24.3 Å². The molecule has 1 aliphatic heterocycles. The number of nitrogens with two attached hydrogens (primary N) is 1. The molecule has 0 radical (unpaired) electrons. The molecule has 1 aliphatic rings. The van der Waals surface area contributed by atoms with Crippen LogP contribution in [0.15, 0.2) is 53.4 Å². The van der Waals surface area contributed by atoms with Crippen LogP contribution in [-0.2, 0) is 26.4 Å². The van der Waals surface area contributed by atoms with Crippen LogP contribution in [0.4, 0.5) is 22.0 Å². The molecule has 1 saturated heterocycles. The number of ether oxygens (including phenoxy) is 2. The summed E-state index contributed by atoms with van der Waals surface area (Å²) in [5.41, 5.74) is 8.88. The number of benzene rings is 1. The maximum atomic E-state index is 12.1. The van der Waals surface area contributed by atoms with E-state index in [2.05, 4.69) is 45.3 Å². The first-order chi connectivity index (χ1) is 19.9. The highest BCUT2D eigenvalue weighted by Gasteiger charge is 2.19. The number of primary amides is 1. The lowest BCUT2D eigenvalue weighted by Crippen LogP contribution is -2.36. The Morgan fingerprint density at radius 1 is 1.27 bits per heavy atom. The molecule has 41 heavy (non-hydrogen) atoms. The first kappa shape index (κ1) is 30.3. The SMILES string of the molecule is C=CCOC(=O)Nc1cccc(C(CCC(N)=O)Nc2cc(N3CCOCC3)cc(CSc3nnc(CC)s3)n2)c1. The smallest absolute Gasteiger partial charge is 0.411 e. The minimum Gasteiger partial charge on any atom is -0.445 e. The van der Waals surface area contributed by atoms with Gasteiger partial charge in [0.05, 0.1) is 24.9 Å². The second-order valence-electron chi connectivity index (χ2n) is 9.24. The van der Waals surface area contributed by atoms with Crippen LogP contribution in [0.25, 0.3) is 0 Å². The van der Waals surface area contributed by atoms with E-state index >= 15 is 0 Å². The fraction of sp³-hybridized carbons (Fsp3) is 0.393. The number of thioether (sulfide) groups is 1. The number of morpholine rings is 1. The first-order valence-electron chi connectivity index (χ1n) is 13.4. The van der Waals surface area contributed by atoms with Crippen molar-refractivity contribution < 1.29 is 19.1 Å². The van der Waals surface area contributed by atoms with Crippen LogP contribution < -0.4 is 21.3 Å². The maximum absolute atomic E-state index is 12.1. The Morgan fingerprint density at radius 2 is 2.10 bits per heavy atom. The van der Waals surface area contributed by atoms with Crippen LogP contribution >= 0.6 is 23.1 Å². The highest BCUT2D eigenvalue weighted by Crippen LogP contribution is 2.31. The molecule has 1 fully saturated rings. The zero-order chi connectivity index (χ0) is 29.0. The number of nitrogens with one attached hydrogen (secondary N) is 2. The topological polar surface area (TPSA) is 145 Å². The number of hydrogen-bond acceptors (Lipinski definition) is 11. The van der Waals surface area contributed by atoms with Crippen molar-refractivity contribution in [1.82, 2.24) is 15.2 Å². The molecule has 0 aliphatic carbocycles. The van der Waals surface area contributed by atoms with Gasteiger partial charge in [0.1, 0.15) is 17.4 Å². The second-order valence-corrected chi connectivity index (χ2v) is 11.5. The molecule has 0 saturated carbocycles. The van der Waals surface area contributed by atoms with Crippen molar-refractivity contribution in [2.24, 2.45) is 5.73 Å². The molecule has 13 heteroatoms. The van der Waals surface area contributed by atoms with E-state index in [9.17, 15) is 9.59 Å². The summed E-state index contributed by atoms with van der Waals surface area (Å²) in [6, 6.07) is 11.2. The Hall–Kier alpha value is -3.68. The molecule has 11 nitrogen and oxygen atoms in total. The van der Waals surface area contributed by atoms with Crippen LogP contribution in [-0.4, -0.2) is 60.1 Å². The molecule has 3 heterocycles. The van der Waals surface area contributed by atoms with Gasteiger partial charge >= 0.3 is 6.09 Å². The number of carbonyl (C=O) groups excluding carboxylic acids is 2. The molecule has 2 aromatic heterocycles. The van der Waals surface area contributed by atoms with Crippen molar-refractivity contribution in [2.75, 3.05) is 48.4 Å². The van der Waals surface area contributed by atoms with Crippen molar-refractivity contribution in [3.63, 3.8) is 0 Å². The minimum atomic E-state index is -0.577. The summed E-state index contributed by atoms with van der Waals surface area (Å²) in [6.07, 6.45) is 2.40. The summed E-state index contributed by atoms with van der Waals surface area (Å²) >= 11 is 3.21. The molecular formula is C28H35N7O4S2. The van der Waals surface area contributed by atoms with E-state index < -0.39 is 12.0 Å². The molecule has 0 bridgehead atoms. The van der Waals surface area contributed by atoms with Crippen molar-refractivity contribution in [3.05, 3.63) is 65.3 Å². The van der Waals surface area contributed by atoms with Gasteiger partial charge in [0.15, 0.2) is 4.34 Å². The average Bonchev–Trinajstić information content (AvgIpc) is 3.46. The summed E-state index contributed by atoms with van der Waals surface area (Å²) < 4.78 is 11.5. The van der Waals surface area contributed by atoms with Crippen molar-refractivity contribution >= 4 is 52.3 Å². The molecule has 4 N–H and O–H groups in total. The highest BCUT2D eigenvalue weighted by molar-refractivity contribution is 8.00. The van der Waals surface area contributed by atoms with Gasteiger partial charge < -0.3 is 25.4 Å². The van der Waals surface area contributed by atoms with Crippen molar-refractivity contribution in [3.8, 4) is 0 Å².